The molecule has 1 fully saturated rings. The Kier molecular flexibility index (Phi) is 2.80. The number of hydrogen-bond acceptors (Lipinski definition) is 6. The first-order chi connectivity index (χ1) is 7.61. The summed E-state index contributed by atoms with van der Waals surface area (Å²) in [5.74, 6) is -0.450. The first-order valence-corrected chi connectivity index (χ1v) is 4.95. The molecule has 1 aliphatic rings. The van der Waals surface area contributed by atoms with E-state index in [9.17, 15) is 9.90 Å². The fraction of sp³-hybridized carbons (Fsp3) is 0.556. The molecule has 0 radical (unpaired) electrons. The Labute approximate surface area is 91.1 Å². The molecule has 0 aromatic carbocycles. The van der Waals surface area contributed by atoms with Crippen LogP contribution < -0.4 is 11.4 Å². The average Bonchev–Trinajstić information content (AvgIpc) is 2.71. The number of aliphatic hydroxyl groups is 1. The van der Waals surface area contributed by atoms with Crippen molar-refractivity contribution in [3.63, 3.8) is 0 Å². The molecule has 7 nitrogen and oxygen atoms in total. The highest BCUT2D eigenvalue weighted by Gasteiger charge is 2.27. The van der Waals surface area contributed by atoms with Crippen LogP contribution in [0.3, 0.4) is 0 Å². The van der Waals surface area contributed by atoms with E-state index in [-0.39, 0.29) is 24.3 Å². The van der Waals surface area contributed by atoms with Gasteiger partial charge in [-0.25, -0.2) is 4.79 Å². The number of nitrogens with two attached hydrogens (primary N) is 1. The third-order valence-corrected chi connectivity index (χ3v) is 2.56. The van der Waals surface area contributed by atoms with Crippen molar-refractivity contribution in [3.8, 4) is 5.75 Å². The van der Waals surface area contributed by atoms with Crippen LogP contribution in [0.2, 0.25) is 0 Å². The summed E-state index contributed by atoms with van der Waals surface area (Å²) in [6.07, 6.45) is 1.70. The molecular weight excluding hydrogens is 214 g/mol. The molecule has 0 spiro atoms. The second kappa shape index (κ2) is 4.11. The lowest BCUT2D eigenvalue weighted by Gasteiger charge is -2.14. The predicted molar refractivity (Wildman–Crippen MR) is 54.8 cm³/mol. The summed E-state index contributed by atoms with van der Waals surface area (Å²) in [5.41, 5.74) is 4.72. The van der Waals surface area contributed by atoms with Crippen LogP contribution in [0.4, 0.5) is 5.82 Å². The van der Waals surface area contributed by atoms with Crippen LogP contribution in [0.25, 0.3) is 0 Å². The molecule has 4 N–H and O–H groups in total. The largest absolute Gasteiger partial charge is 0.503 e. The molecule has 88 valence electrons. The van der Waals surface area contributed by atoms with Crippen molar-refractivity contribution in [1.82, 2.24) is 9.55 Å². The van der Waals surface area contributed by atoms with E-state index in [1.165, 1.54) is 10.8 Å². The van der Waals surface area contributed by atoms with Gasteiger partial charge >= 0.3 is 5.69 Å². The van der Waals surface area contributed by atoms with E-state index in [4.69, 9.17) is 15.6 Å². The lowest BCUT2D eigenvalue weighted by Crippen LogP contribution is -2.27. The molecule has 0 amide bonds. The Balaban J connectivity index is 2.28. The van der Waals surface area contributed by atoms with Crippen LogP contribution in [-0.4, -0.2) is 32.5 Å². The minimum atomic E-state index is -0.570. The number of aromatic nitrogens is 2. The Morgan fingerprint density at radius 2 is 2.38 bits per heavy atom. The van der Waals surface area contributed by atoms with Gasteiger partial charge in [-0.2, -0.15) is 4.98 Å². The highest BCUT2D eigenvalue weighted by Crippen LogP contribution is 2.27. The van der Waals surface area contributed by atoms with E-state index in [1.54, 1.807) is 0 Å². The molecule has 1 aliphatic heterocycles. The van der Waals surface area contributed by atoms with Gasteiger partial charge in [0.15, 0.2) is 11.6 Å². The van der Waals surface area contributed by atoms with Crippen molar-refractivity contribution in [2.45, 2.75) is 25.2 Å². The molecule has 2 rings (SSSR count). The average molecular weight is 227 g/mol. The molecule has 0 aliphatic carbocycles. The summed E-state index contributed by atoms with van der Waals surface area (Å²) in [5, 5.41) is 18.3. The van der Waals surface area contributed by atoms with Gasteiger partial charge in [-0.15, -0.1) is 0 Å². The maximum absolute atomic E-state index is 11.5. The smallest absolute Gasteiger partial charge is 0.351 e. The Bertz CT molecular complexity index is 445. The minimum absolute atomic E-state index is 0.0837. The van der Waals surface area contributed by atoms with E-state index >= 15 is 0 Å². The van der Waals surface area contributed by atoms with E-state index in [1.807, 2.05) is 0 Å². The maximum Gasteiger partial charge on any atom is 0.351 e. The number of nitrogen functional groups attached to an aromatic ring is 1. The van der Waals surface area contributed by atoms with Crippen molar-refractivity contribution in [2.24, 2.45) is 0 Å². The Morgan fingerprint density at radius 3 is 3.00 bits per heavy atom. The number of aliphatic hydroxyl groups excluding tert-OH is 1. The standard InChI is InChI=1S/C9H13N3O4/c10-8-6(14)3-12(9(15)11-8)7-2-1-5(4-13)16-7/h3,5,7,13-14H,1-2,4H2,(H2,10,11,15). The van der Waals surface area contributed by atoms with Crippen LogP contribution in [0.5, 0.6) is 5.75 Å². The third kappa shape index (κ3) is 1.86. The normalized spacial score (nSPS) is 24.8. The second-order valence-electron chi connectivity index (χ2n) is 3.67. The Morgan fingerprint density at radius 1 is 1.62 bits per heavy atom. The van der Waals surface area contributed by atoms with Gasteiger partial charge in [0.2, 0.25) is 0 Å². The lowest BCUT2D eigenvalue weighted by molar-refractivity contribution is -0.0247. The quantitative estimate of drug-likeness (QED) is 0.610. The monoisotopic (exact) mass is 227 g/mol. The summed E-state index contributed by atoms with van der Waals surface area (Å²) in [6, 6.07) is 0. The molecular formula is C9H13N3O4. The molecule has 0 saturated carbocycles. The van der Waals surface area contributed by atoms with Crippen LogP contribution in [0.15, 0.2) is 11.0 Å². The fourth-order valence-corrected chi connectivity index (χ4v) is 1.70. The summed E-state index contributed by atoms with van der Waals surface area (Å²) in [6.45, 7) is -0.0837. The first-order valence-electron chi connectivity index (χ1n) is 4.95. The van der Waals surface area contributed by atoms with Gasteiger partial charge in [0, 0.05) is 0 Å². The topological polar surface area (TPSA) is 111 Å². The first kappa shape index (κ1) is 10.9. The number of aromatic hydroxyl groups is 1. The molecule has 16 heavy (non-hydrogen) atoms. The molecule has 1 aromatic heterocycles. The van der Waals surface area contributed by atoms with E-state index in [0.717, 1.165) is 0 Å². The molecule has 1 aromatic rings. The SMILES string of the molecule is Nc1nc(=O)n(C2CCC(CO)O2)cc1O. The van der Waals surface area contributed by atoms with Gasteiger partial charge in [0.1, 0.15) is 6.23 Å². The van der Waals surface area contributed by atoms with Crippen molar-refractivity contribution < 1.29 is 14.9 Å². The predicted octanol–water partition coefficient (Wildman–Crippen LogP) is -0.799. The van der Waals surface area contributed by atoms with Crippen molar-refractivity contribution in [3.05, 3.63) is 16.7 Å². The summed E-state index contributed by atoms with van der Waals surface area (Å²) in [4.78, 5) is 15.0. The number of nitrogens with zero attached hydrogens (tertiary/aromatic N) is 2. The third-order valence-electron chi connectivity index (χ3n) is 2.56. The fourth-order valence-electron chi connectivity index (χ4n) is 1.70. The lowest BCUT2D eigenvalue weighted by atomic mass is 10.2. The number of hydrogen-bond donors (Lipinski definition) is 3. The van der Waals surface area contributed by atoms with Crippen LogP contribution in [-0.2, 0) is 4.74 Å². The van der Waals surface area contributed by atoms with Gasteiger partial charge in [0.25, 0.3) is 0 Å². The summed E-state index contributed by atoms with van der Waals surface area (Å²) < 4.78 is 6.58. The highest BCUT2D eigenvalue weighted by molar-refractivity contribution is 5.41. The van der Waals surface area contributed by atoms with E-state index in [2.05, 4.69) is 4.98 Å². The zero-order valence-electron chi connectivity index (χ0n) is 8.54. The highest BCUT2D eigenvalue weighted by atomic mass is 16.5. The zero-order valence-corrected chi connectivity index (χ0v) is 8.54. The number of rotatable bonds is 2. The van der Waals surface area contributed by atoms with Crippen molar-refractivity contribution in [1.29, 1.82) is 0 Å². The van der Waals surface area contributed by atoms with Gasteiger partial charge < -0.3 is 20.7 Å². The number of anilines is 1. The number of ether oxygens (including phenoxy) is 1. The van der Waals surface area contributed by atoms with Gasteiger partial charge in [-0.3, -0.25) is 4.57 Å². The molecule has 2 heterocycles. The van der Waals surface area contributed by atoms with E-state index < -0.39 is 11.9 Å². The van der Waals surface area contributed by atoms with Crippen molar-refractivity contribution in [2.75, 3.05) is 12.3 Å². The molecule has 2 unspecified atom stereocenters. The van der Waals surface area contributed by atoms with Crippen LogP contribution in [0.1, 0.15) is 19.1 Å². The molecule has 1 saturated heterocycles. The van der Waals surface area contributed by atoms with Gasteiger partial charge in [-0.1, -0.05) is 0 Å². The van der Waals surface area contributed by atoms with Gasteiger partial charge in [-0.05, 0) is 12.8 Å². The minimum Gasteiger partial charge on any atom is -0.503 e. The van der Waals surface area contributed by atoms with Crippen molar-refractivity contribution >= 4 is 5.82 Å². The summed E-state index contributed by atoms with van der Waals surface area (Å²) >= 11 is 0. The maximum atomic E-state index is 11.5. The van der Waals surface area contributed by atoms with E-state index in [0.29, 0.717) is 12.8 Å². The molecule has 0 bridgehead atoms. The van der Waals surface area contributed by atoms with Crippen LogP contribution in [0, 0.1) is 0 Å². The molecule has 7 heteroatoms. The van der Waals surface area contributed by atoms with Crippen LogP contribution >= 0.6 is 0 Å². The second-order valence-corrected chi connectivity index (χ2v) is 3.67. The zero-order chi connectivity index (χ0) is 11.7. The van der Waals surface area contributed by atoms with Gasteiger partial charge in [0.05, 0.1) is 18.9 Å². The molecule has 2 atom stereocenters. The Hall–Kier alpha value is -1.60. The summed E-state index contributed by atoms with van der Waals surface area (Å²) in [7, 11) is 0.